The van der Waals surface area contributed by atoms with E-state index < -0.39 is 11.4 Å². The first-order valence-electron chi connectivity index (χ1n) is 6.36. The quantitative estimate of drug-likeness (QED) is 0.877. The first-order chi connectivity index (χ1) is 8.62. The molecule has 94 valence electrons. The van der Waals surface area contributed by atoms with Crippen LogP contribution >= 0.6 is 0 Å². The second-order valence-corrected chi connectivity index (χ2v) is 5.20. The highest BCUT2D eigenvalue weighted by molar-refractivity contribution is 5.85. The average molecular weight is 244 g/mol. The molecule has 2 aromatic rings. The molecule has 1 aliphatic carbocycles. The summed E-state index contributed by atoms with van der Waals surface area (Å²) in [5, 5.41) is 10.6. The fraction of sp³-hybridized carbons (Fsp3) is 0.400. The van der Waals surface area contributed by atoms with E-state index in [1.165, 1.54) is 0 Å². The molecule has 1 aliphatic rings. The summed E-state index contributed by atoms with van der Waals surface area (Å²) < 4.78 is 5.53. The van der Waals surface area contributed by atoms with Gasteiger partial charge in [0, 0.05) is 5.39 Å². The van der Waals surface area contributed by atoms with Gasteiger partial charge in [0.05, 0.1) is 5.41 Å². The van der Waals surface area contributed by atoms with Crippen molar-refractivity contribution in [3.63, 3.8) is 0 Å². The number of hydrogen-bond donors (Lipinski definition) is 1. The van der Waals surface area contributed by atoms with Gasteiger partial charge in [-0.1, -0.05) is 18.9 Å². The first kappa shape index (κ1) is 11.3. The van der Waals surface area contributed by atoms with Gasteiger partial charge in [-0.3, -0.25) is 4.79 Å². The number of carbonyl (C=O) groups is 1. The van der Waals surface area contributed by atoms with Crippen LogP contribution in [-0.2, 0) is 10.2 Å². The molecule has 0 aliphatic heterocycles. The van der Waals surface area contributed by atoms with Crippen molar-refractivity contribution >= 4 is 16.9 Å². The number of aryl methyl sites for hydroxylation is 1. The summed E-state index contributed by atoms with van der Waals surface area (Å²) in [5.74, 6) is 0.164. The van der Waals surface area contributed by atoms with Crippen LogP contribution in [0.4, 0.5) is 0 Å². The maximum absolute atomic E-state index is 11.6. The third-order valence-corrected chi connectivity index (χ3v) is 4.06. The molecule has 1 fully saturated rings. The Bertz CT molecular complexity index is 603. The summed E-state index contributed by atoms with van der Waals surface area (Å²) in [4.78, 5) is 11.6. The highest BCUT2D eigenvalue weighted by Crippen LogP contribution is 2.42. The Hall–Kier alpha value is -1.77. The number of hydrogen-bond acceptors (Lipinski definition) is 2. The van der Waals surface area contributed by atoms with E-state index in [2.05, 4.69) is 0 Å². The Labute approximate surface area is 105 Å². The van der Waals surface area contributed by atoms with Crippen molar-refractivity contribution < 1.29 is 14.3 Å². The van der Waals surface area contributed by atoms with Gasteiger partial charge in [-0.2, -0.15) is 0 Å². The van der Waals surface area contributed by atoms with Crippen molar-refractivity contribution in [1.82, 2.24) is 0 Å². The van der Waals surface area contributed by atoms with E-state index in [-0.39, 0.29) is 0 Å². The third kappa shape index (κ3) is 1.54. The van der Waals surface area contributed by atoms with Crippen LogP contribution in [0.2, 0.25) is 0 Å². The topological polar surface area (TPSA) is 50.4 Å². The molecule has 0 amide bonds. The maximum atomic E-state index is 11.6. The molecular weight excluding hydrogens is 228 g/mol. The summed E-state index contributed by atoms with van der Waals surface area (Å²) in [6.45, 7) is 1.90. The zero-order valence-electron chi connectivity index (χ0n) is 10.4. The average Bonchev–Trinajstić information content (AvgIpc) is 2.92. The summed E-state index contributed by atoms with van der Waals surface area (Å²) in [7, 11) is 0. The van der Waals surface area contributed by atoms with Gasteiger partial charge in [0.2, 0.25) is 0 Å². The molecule has 1 aromatic heterocycles. The van der Waals surface area contributed by atoms with Crippen molar-refractivity contribution in [2.45, 2.75) is 38.0 Å². The van der Waals surface area contributed by atoms with Gasteiger partial charge in [0.25, 0.3) is 0 Å². The summed E-state index contributed by atoms with van der Waals surface area (Å²) in [5.41, 5.74) is 1.06. The number of carboxylic acids is 1. The molecule has 18 heavy (non-hydrogen) atoms. The van der Waals surface area contributed by atoms with Crippen LogP contribution in [0.1, 0.15) is 37.0 Å². The smallest absolute Gasteiger partial charge is 0.314 e. The van der Waals surface area contributed by atoms with Crippen molar-refractivity contribution in [2.75, 3.05) is 0 Å². The van der Waals surface area contributed by atoms with E-state index in [9.17, 15) is 9.90 Å². The number of carboxylic acid groups (broad SMARTS) is 1. The molecule has 0 atom stereocenters. The Morgan fingerprint density at radius 2 is 2.00 bits per heavy atom. The lowest BCUT2D eigenvalue weighted by Gasteiger charge is -2.24. The van der Waals surface area contributed by atoms with Crippen molar-refractivity contribution in [1.29, 1.82) is 0 Å². The Morgan fingerprint density at radius 3 is 2.67 bits per heavy atom. The van der Waals surface area contributed by atoms with E-state index in [0.29, 0.717) is 0 Å². The fourth-order valence-electron chi connectivity index (χ4n) is 3.08. The Morgan fingerprint density at radius 1 is 1.28 bits per heavy atom. The molecule has 0 unspecified atom stereocenters. The number of aliphatic carboxylic acids is 1. The monoisotopic (exact) mass is 244 g/mol. The number of fused-ring (bicyclic) bond motifs is 1. The van der Waals surface area contributed by atoms with Crippen LogP contribution in [0.25, 0.3) is 11.0 Å². The zero-order chi connectivity index (χ0) is 12.8. The number of benzene rings is 1. The highest BCUT2D eigenvalue weighted by atomic mass is 16.4. The zero-order valence-corrected chi connectivity index (χ0v) is 10.4. The second-order valence-electron chi connectivity index (χ2n) is 5.20. The summed E-state index contributed by atoms with van der Waals surface area (Å²) in [6, 6.07) is 7.74. The molecule has 0 radical (unpaired) electrons. The molecular formula is C15H16O3. The van der Waals surface area contributed by atoms with E-state index in [0.717, 1.165) is 48.0 Å². The number of furan rings is 1. The van der Waals surface area contributed by atoms with Crippen molar-refractivity contribution in [3.05, 3.63) is 35.6 Å². The predicted molar refractivity (Wildman–Crippen MR) is 68.7 cm³/mol. The van der Waals surface area contributed by atoms with Crippen molar-refractivity contribution in [3.8, 4) is 0 Å². The SMILES string of the molecule is Cc1cc2cc(C3(C(=O)O)CCCC3)ccc2o1. The van der Waals surface area contributed by atoms with Gasteiger partial charge in [0.15, 0.2) is 0 Å². The van der Waals surface area contributed by atoms with Gasteiger partial charge in [-0.15, -0.1) is 0 Å². The van der Waals surface area contributed by atoms with Gasteiger partial charge in [-0.25, -0.2) is 0 Å². The second kappa shape index (κ2) is 3.87. The maximum Gasteiger partial charge on any atom is 0.314 e. The van der Waals surface area contributed by atoms with Crippen LogP contribution in [0.5, 0.6) is 0 Å². The predicted octanol–water partition coefficient (Wildman–Crippen LogP) is 3.64. The molecule has 0 spiro atoms. The van der Waals surface area contributed by atoms with Crippen LogP contribution in [0.3, 0.4) is 0 Å². The minimum Gasteiger partial charge on any atom is -0.481 e. The highest BCUT2D eigenvalue weighted by Gasteiger charge is 2.42. The lowest BCUT2D eigenvalue weighted by molar-refractivity contribution is -0.143. The Balaban J connectivity index is 2.14. The number of rotatable bonds is 2. The lowest BCUT2D eigenvalue weighted by Crippen LogP contribution is -2.32. The van der Waals surface area contributed by atoms with Gasteiger partial charge in [-0.05, 0) is 43.5 Å². The summed E-state index contributed by atoms with van der Waals surface area (Å²) >= 11 is 0. The first-order valence-corrected chi connectivity index (χ1v) is 6.36. The minimum absolute atomic E-state index is 0.681. The molecule has 0 saturated heterocycles. The van der Waals surface area contributed by atoms with E-state index in [1.807, 2.05) is 31.2 Å². The molecule has 1 saturated carbocycles. The fourth-order valence-corrected chi connectivity index (χ4v) is 3.08. The van der Waals surface area contributed by atoms with Gasteiger partial charge >= 0.3 is 5.97 Å². The van der Waals surface area contributed by atoms with Crippen LogP contribution in [0.15, 0.2) is 28.7 Å². The standard InChI is InChI=1S/C15H16O3/c1-10-8-11-9-12(4-5-13(11)18-10)15(14(16)17)6-2-3-7-15/h4-5,8-9H,2-3,6-7H2,1H3,(H,16,17). The van der Waals surface area contributed by atoms with E-state index in [1.54, 1.807) is 0 Å². The molecule has 1 aromatic carbocycles. The molecule has 3 nitrogen and oxygen atoms in total. The van der Waals surface area contributed by atoms with Crippen LogP contribution in [-0.4, -0.2) is 11.1 Å². The molecule has 1 N–H and O–H groups in total. The summed E-state index contributed by atoms with van der Waals surface area (Å²) in [6.07, 6.45) is 3.47. The Kier molecular flexibility index (Phi) is 2.44. The van der Waals surface area contributed by atoms with E-state index >= 15 is 0 Å². The van der Waals surface area contributed by atoms with Gasteiger partial charge in [0.1, 0.15) is 11.3 Å². The van der Waals surface area contributed by atoms with E-state index in [4.69, 9.17) is 4.42 Å². The van der Waals surface area contributed by atoms with Crippen LogP contribution < -0.4 is 0 Å². The molecule has 0 bridgehead atoms. The largest absolute Gasteiger partial charge is 0.481 e. The molecule has 3 rings (SSSR count). The third-order valence-electron chi connectivity index (χ3n) is 4.06. The van der Waals surface area contributed by atoms with Gasteiger partial charge < -0.3 is 9.52 Å². The van der Waals surface area contributed by atoms with Crippen molar-refractivity contribution in [2.24, 2.45) is 0 Å². The molecule has 3 heteroatoms. The minimum atomic E-state index is -0.695. The normalized spacial score (nSPS) is 18.3. The lowest BCUT2D eigenvalue weighted by atomic mass is 9.78. The van der Waals surface area contributed by atoms with Crippen LogP contribution in [0, 0.1) is 6.92 Å². The molecule has 1 heterocycles.